The van der Waals surface area contributed by atoms with Crippen molar-refractivity contribution in [3.63, 3.8) is 0 Å². The lowest BCUT2D eigenvalue weighted by Crippen LogP contribution is -2.36. The van der Waals surface area contributed by atoms with E-state index in [-0.39, 0.29) is 0 Å². The van der Waals surface area contributed by atoms with Gasteiger partial charge in [-0.25, -0.2) is 9.97 Å². The number of benzene rings is 1. The van der Waals surface area contributed by atoms with Crippen LogP contribution in [0.5, 0.6) is 0 Å². The molecule has 0 unspecified atom stereocenters. The van der Waals surface area contributed by atoms with Crippen LogP contribution in [0, 0.1) is 0 Å². The van der Waals surface area contributed by atoms with Gasteiger partial charge in [0, 0.05) is 36.6 Å². The van der Waals surface area contributed by atoms with Gasteiger partial charge >= 0.3 is 0 Å². The summed E-state index contributed by atoms with van der Waals surface area (Å²) in [4.78, 5) is 17.3. The molecule has 0 atom stereocenters. The third-order valence-electron chi connectivity index (χ3n) is 5.79. The largest absolute Gasteiger partial charge is 0.379 e. The van der Waals surface area contributed by atoms with Gasteiger partial charge in [0.05, 0.1) is 25.1 Å². The number of thiophene rings is 1. The van der Waals surface area contributed by atoms with Gasteiger partial charge in [0.15, 0.2) is 0 Å². The highest BCUT2D eigenvalue weighted by atomic mass is 35.5. The maximum atomic E-state index is 6.43. The van der Waals surface area contributed by atoms with Crippen molar-refractivity contribution >= 4 is 39.0 Å². The summed E-state index contributed by atoms with van der Waals surface area (Å²) in [6.07, 6.45) is 3.54. The number of morpholine rings is 1. The Morgan fingerprint density at radius 2 is 2.00 bits per heavy atom. The number of ether oxygens (including phenoxy) is 1. The minimum absolute atomic E-state index is 0.730. The van der Waals surface area contributed by atoms with Gasteiger partial charge in [0.1, 0.15) is 16.5 Å². The first-order valence-corrected chi connectivity index (χ1v) is 11.4. The van der Waals surface area contributed by atoms with Crippen LogP contribution in [0.2, 0.25) is 5.02 Å². The fourth-order valence-corrected chi connectivity index (χ4v) is 5.75. The maximum absolute atomic E-state index is 6.43. The lowest BCUT2D eigenvalue weighted by atomic mass is 10.1. The Morgan fingerprint density at radius 3 is 2.83 bits per heavy atom. The molecule has 2 aromatic heterocycles. The third-order valence-corrected chi connectivity index (χ3v) is 7.34. The molecule has 5 nitrogen and oxygen atoms in total. The molecule has 0 spiro atoms. The summed E-state index contributed by atoms with van der Waals surface area (Å²) in [5, 5.41) is 2.05. The second-order valence-corrected chi connectivity index (χ2v) is 9.33. The van der Waals surface area contributed by atoms with Crippen LogP contribution >= 0.6 is 22.9 Å². The second-order valence-electron chi connectivity index (χ2n) is 7.84. The fraction of sp³-hybridized carbons (Fsp3) is 0.455. The van der Waals surface area contributed by atoms with E-state index >= 15 is 0 Å². The lowest BCUT2D eigenvalue weighted by molar-refractivity contribution is 0.0331. The van der Waals surface area contributed by atoms with Crippen molar-refractivity contribution in [3.8, 4) is 0 Å². The van der Waals surface area contributed by atoms with Gasteiger partial charge in [-0.15, -0.1) is 11.3 Å². The van der Waals surface area contributed by atoms with Crippen LogP contribution in [0.15, 0.2) is 24.3 Å². The van der Waals surface area contributed by atoms with Gasteiger partial charge in [0.2, 0.25) is 0 Å². The summed E-state index contributed by atoms with van der Waals surface area (Å²) < 4.78 is 5.49. The van der Waals surface area contributed by atoms with E-state index in [0.717, 1.165) is 72.9 Å². The lowest BCUT2D eigenvalue weighted by Gasteiger charge is -2.26. The summed E-state index contributed by atoms with van der Waals surface area (Å²) >= 11 is 8.29. The first kappa shape index (κ1) is 19.2. The monoisotopic (exact) mass is 428 g/mol. The molecule has 1 fully saturated rings. The van der Waals surface area contributed by atoms with E-state index in [1.165, 1.54) is 28.7 Å². The maximum Gasteiger partial charge on any atom is 0.146 e. The molecule has 1 aliphatic carbocycles. The zero-order valence-corrected chi connectivity index (χ0v) is 18.2. The van der Waals surface area contributed by atoms with Gasteiger partial charge < -0.3 is 9.64 Å². The minimum Gasteiger partial charge on any atom is -0.379 e. The van der Waals surface area contributed by atoms with Crippen molar-refractivity contribution in [1.29, 1.82) is 0 Å². The summed E-state index contributed by atoms with van der Waals surface area (Å²) in [5.41, 5.74) is 2.58. The average molecular weight is 429 g/mol. The molecule has 29 heavy (non-hydrogen) atoms. The highest BCUT2D eigenvalue weighted by molar-refractivity contribution is 7.19. The minimum atomic E-state index is 0.730. The van der Waals surface area contributed by atoms with Gasteiger partial charge in [-0.3, -0.25) is 4.90 Å². The van der Waals surface area contributed by atoms with Crippen LogP contribution in [0.3, 0.4) is 0 Å². The zero-order chi connectivity index (χ0) is 19.8. The Kier molecular flexibility index (Phi) is 5.43. The number of anilines is 1. The Labute approximate surface area is 180 Å². The molecule has 7 heteroatoms. The molecule has 152 valence electrons. The van der Waals surface area contributed by atoms with E-state index in [1.54, 1.807) is 0 Å². The Hall–Kier alpha value is -1.73. The first-order chi connectivity index (χ1) is 14.2. The summed E-state index contributed by atoms with van der Waals surface area (Å²) in [6.45, 7) is 4.95. The van der Waals surface area contributed by atoms with Gasteiger partial charge in [-0.1, -0.05) is 29.8 Å². The standard InChI is InChI=1S/C22H25ClN4OS/c1-26(13-15-5-2-3-7-17(15)23)21-20-16-6-4-8-18(16)29-22(20)25-19(24-21)14-27-9-11-28-12-10-27/h2-3,5,7H,4,6,8-14H2,1H3. The van der Waals surface area contributed by atoms with Crippen molar-refractivity contribution in [2.75, 3.05) is 38.3 Å². The van der Waals surface area contributed by atoms with E-state index < -0.39 is 0 Å². The molecule has 2 aliphatic rings. The predicted molar refractivity (Wildman–Crippen MR) is 119 cm³/mol. The molecule has 0 radical (unpaired) electrons. The average Bonchev–Trinajstić information content (AvgIpc) is 3.31. The molecule has 1 saturated heterocycles. The Balaban J connectivity index is 1.53. The van der Waals surface area contributed by atoms with Crippen molar-refractivity contribution in [2.45, 2.75) is 32.4 Å². The summed E-state index contributed by atoms with van der Waals surface area (Å²) in [5.74, 6) is 1.94. The van der Waals surface area contributed by atoms with Crippen LogP contribution in [0.4, 0.5) is 5.82 Å². The van der Waals surface area contributed by atoms with E-state index in [2.05, 4.69) is 22.9 Å². The molecular formula is C22H25ClN4OS. The quantitative estimate of drug-likeness (QED) is 0.606. The number of aromatic nitrogens is 2. The van der Waals surface area contributed by atoms with Crippen molar-refractivity contribution in [2.24, 2.45) is 0 Å². The number of halogens is 1. The Morgan fingerprint density at radius 1 is 1.17 bits per heavy atom. The van der Waals surface area contributed by atoms with E-state index in [4.69, 9.17) is 26.3 Å². The van der Waals surface area contributed by atoms with Gasteiger partial charge in [0.25, 0.3) is 0 Å². The molecule has 5 rings (SSSR count). The van der Waals surface area contributed by atoms with Crippen molar-refractivity contribution < 1.29 is 4.74 Å². The normalized spacial score (nSPS) is 17.0. The van der Waals surface area contributed by atoms with E-state index in [0.29, 0.717) is 0 Å². The summed E-state index contributed by atoms with van der Waals surface area (Å²) in [7, 11) is 2.11. The molecule has 0 bridgehead atoms. The van der Waals surface area contributed by atoms with Crippen LogP contribution in [-0.4, -0.2) is 48.2 Å². The number of fused-ring (bicyclic) bond motifs is 3. The molecule has 0 N–H and O–H groups in total. The first-order valence-electron chi connectivity index (χ1n) is 10.2. The smallest absolute Gasteiger partial charge is 0.146 e. The number of hydrogen-bond acceptors (Lipinski definition) is 6. The van der Waals surface area contributed by atoms with E-state index in [9.17, 15) is 0 Å². The SMILES string of the molecule is CN(Cc1ccccc1Cl)c1nc(CN2CCOCC2)nc2sc3c(c12)CCC3. The number of nitrogens with zero attached hydrogens (tertiary/aromatic N) is 4. The summed E-state index contributed by atoms with van der Waals surface area (Å²) in [6, 6.07) is 8.05. The Bertz CT molecular complexity index is 1030. The molecule has 3 heterocycles. The van der Waals surface area contributed by atoms with Gasteiger partial charge in [-0.2, -0.15) is 0 Å². The van der Waals surface area contributed by atoms with Crippen molar-refractivity contribution in [3.05, 3.63) is 51.1 Å². The highest BCUT2D eigenvalue weighted by Crippen LogP contribution is 2.40. The predicted octanol–water partition coefficient (Wildman–Crippen LogP) is 4.30. The topological polar surface area (TPSA) is 41.5 Å². The molecule has 1 aromatic carbocycles. The van der Waals surface area contributed by atoms with Crippen LogP contribution in [0.1, 0.15) is 28.2 Å². The molecular weight excluding hydrogens is 404 g/mol. The van der Waals surface area contributed by atoms with E-state index in [1.807, 2.05) is 29.5 Å². The van der Waals surface area contributed by atoms with Crippen LogP contribution < -0.4 is 4.90 Å². The molecule has 3 aromatic rings. The molecule has 1 aliphatic heterocycles. The van der Waals surface area contributed by atoms with Gasteiger partial charge in [-0.05, 0) is 36.5 Å². The zero-order valence-electron chi connectivity index (χ0n) is 16.7. The third kappa shape index (κ3) is 3.87. The fourth-order valence-electron chi connectivity index (χ4n) is 4.28. The highest BCUT2D eigenvalue weighted by Gasteiger charge is 2.25. The number of rotatable bonds is 5. The van der Waals surface area contributed by atoms with Crippen LogP contribution in [-0.2, 0) is 30.7 Å². The van der Waals surface area contributed by atoms with Crippen LogP contribution in [0.25, 0.3) is 10.2 Å². The molecule has 0 saturated carbocycles. The second kappa shape index (κ2) is 8.19. The van der Waals surface area contributed by atoms with Crippen molar-refractivity contribution in [1.82, 2.24) is 14.9 Å². The number of aryl methyl sites for hydroxylation is 2. The number of hydrogen-bond donors (Lipinski definition) is 0. The molecule has 0 amide bonds.